The van der Waals surface area contributed by atoms with Crippen molar-refractivity contribution >= 4 is 28.0 Å². The quantitative estimate of drug-likeness (QED) is 0.398. The number of halogens is 1. The molecular formula is C15H27ClOSi2. The molecule has 1 atom stereocenters. The second-order valence-electron chi connectivity index (χ2n) is 6.88. The van der Waals surface area contributed by atoms with Gasteiger partial charge in [-0.05, 0) is 32.5 Å². The minimum Gasteiger partial charge on any atom is -0.401 e. The third kappa shape index (κ3) is 9.35. The topological polar surface area (TPSA) is 9.23 Å². The first-order valence-electron chi connectivity index (χ1n) is 6.77. The highest BCUT2D eigenvalue weighted by atomic mass is 35.5. The van der Waals surface area contributed by atoms with E-state index >= 15 is 0 Å². The Hall–Kier alpha value is -0.196. The SMILES string of the molecule is C#CCC(C#C[Si](C)(C)C)(CCCCl)O[Si](C)(C)C. The number of hydrogen-bond donors (Lipinski definition) is 0. The molecule has 1 unspecified atom stereocenters. The standard InChI is InChI=1S/C15H27ClOSi2/c1-8-10-15(11-9-13-16,17-19(5,6)7)12-14-18(2,3)4/h1H,9-11,13H2,2-7H3. The van der Waals surface area contributed by atoms with Gasteiger partial charge in [0.1, 0.15) is 13.7 Å². The fraction of sp³-hybridized carbons (Fsp3) is 0.733. The van der Waals surface area contributed by atoms with E-state index < -0.39 is 22.0 Å². The molecule has 0 aliphatic rings. The fourth-order valence-corrected chi connectivity index (χ4v) is 3.85. The van der Waals surface area contributed by atoms with Gasteiger partial charge in [0.2, 0.25) is 0 Å². The van der Waals surface area contributed by atoms with Crippen molar-refractivity contribution in [3.8, 4) is 23.8 Å². The van der Waals surface area contributed by atoms with Gasteiger partial charge < -0.3 is 4.43 Å². The molecule has 1 nitrogen and oxygen atoms in total. The average Bonchev–Trinajstić information content (AvgIpc) is 2.21. The molecule has 0 radical (unpaired) electrons. The zero-order valence-electron chi connectivity index (χ0n) is 13.2. The minimum absolute atomic E-state index is 0.492. The maximum Gasteiger partial charge on any atom is 0.185 e. The number of terminal acetylenes is 1. The molecule has 0 aliphatic heterocycles. The summed E-state index contributed by atoms with van der Waals surface area (Å²) in [5.74, 6) is 6.75. The van der Waals surface area contributed by atoms with E-state index in [0.29, 0.717) is 12.3 Å². The Morgan fingerprint density at radius 3 is 2.11 bits per heavy atom. The molecule has 108 valence electrons. The van der Waals surface area contributed by atoms with Gasteiger partial charge in [0.15, 0.2) is 8.32 Å². The van der Waals surface area contributed by atoms with Crippen molar-refractivity contribution in [1.29, 1.82) is 0 Å². The monoisotopic (exact) mass is 314 g/mol. The Balaban J connectivity index is 5.36. The zero-order valence-corrected chi connectivity index (χ0v) is 15.9. The maximum absolute atomic E-state index is 6.35. The van der Waals surface area contributed by atoms with Gasteiger partial charge in [-0.1, -0.05) is 25.6 Å². The summed E-state index contributed by atoms with van der Waals surface area (Å²) in [5.41, 5.74) is 2.93. The van der Waals surface area contributed by atoms with E-state index in [2.05, 4.69) is 56.7 Å². The van der Waals surface area contributed by atoms with Crippen molar-refractivity contribution in [3.05, 3.63) is 0 Å². The van der Waals surface area contributed by atoms with Crippen LogP contribution in [0.15, 0.2) is 0 Å². The van der Waals surface area contributed by atoms with E-state index in [-0.39, 0.29) is 0 Å². The molecule has 0 heterocycles. The largest absolute Gasteiger partial charge is 0.401 e. The van der Waals surface area contributed by atoms with Gasteiger partial charge in [0, 0.05) is 12.3 Å². The van der Waals surface area contributed by atoms with Crippen LogP contribution in [0.3, 0.4) is 0 Å². The van der Waals surface area contributed by atoms with E-state index in [1.165, 1.54) is 0 Å². The smallest absolute Gasteiger partial charge is 0.185 e. The second kappa shape index (κ2) is 7.55. The molecule has 0 spiro atoms. The zero-order chi connectivity index (χ0) is 15.2. The Labute approximate surface area is 126 Å². The second-order valence-corrected chi connectivity index (χ2v) is 16.4. The lowest BCUT2D eigenvalue weighted by Gasteiger charge is -2.34. The molecule has 0 fully saturated rings. The third-order valence-electron chi connectivity index (χ3n) is 2.27. The Kier molecular flexibility index (Phi) is 7.47. The molecule has 0 saturated carbocycles. The van der Waals surface area contributed by atoms with Crippen LogP contribution in [-0.2, 0) is 4.43 Å². The van der Waals surface area contributed by atoms with Crippen LogP contribution in [-0.4, -0.2) is 27.9 Å². The molecule has 19 heavy (non-hydrogen) atoms. The molecule has 0 rings (SSSR count). The summed E-state index contributed by atoms with van der Waals surface area (Å²) < 4.78 is 6.35. The van der Waals surface area contributed by atoms with Crippen LogP contribution < -0.4 is 0 Å². The van der Waals surface area contributed by atoms with E-state index in [4.69, 9.17) is 22.5 Å². The molecule has 0 saturated heterocycles. The van der Waals surface area contributed by atoms with Crippen molar-refractivity contribution in [1.82, 2.24) is 0 Å². The summed E-state index contributed by atoms with van der Waals surface area (Å²) in [6, 6.07) is 0. The predicted molar refractivity (Wildman–Crippen MR) is 91.7 cm³/mol. The van der Waals surface area contributed by atoms with Crippen LogP contribution in [0.2, 0.25) is 39.3 Å². The van der Waals surface area contributed by atoms with Crippen molar-refractivity contribution in [2.45, 2.75) is 64.1 Å². The molecule has 0 N–H and O–H groups in total. The summed E-state index contributed by atoms with van der Waals surface area (Å²) in [7, 11) is -3.14. The Bertz CT molecular complexity index is 376. The van der Waals surface area contributed by atoms with Gasteiger partial charge in [-0.15, -0.1) is 29.5 Å². The molecule has 4 heteroatoms. The molecule has 0 bridgehead atoms. The van der Waals surface area contributed by atoms with Crippen LogP contribution in [0.1, 0.15) is 19.3 Å². The normalized spacial score (nSPS) is 15.1. The van der Waals surface area contributed by atoms with Crippen molar-refractivity contribution in [2.75, 3.05) is 5.88 Å². The van der Waals surface area contributed by atoms with Gasteiger partial charge >= 0.3 is 0 Å². The molecule has 0 aromatic rings. The van der Waals surface area contributed by atoms with Gasteiger partial charge in [0.05, 0.1) is 0 Å². The summed E-state index contributed by atoms with van der Waals surface area (Å²) in [5, 5.41) is 0. The molecule has 0 aromatic heterocycles. The van der Waals surface area contributed by atoms with E-state index in [9.17, 15) is 0 Å². The van der Waals surface area contributed by atoms with Crippen LogP contribution in [0.5, 0.6) is 0 Å². The summed E-state index contributed by atoms with van der Waals surface area (Å²) >= 11 is 5.83. The first-order valence-corrected chi connectivity index (χ1v) is 14.2. The molecule has 0 aromatic carbocycles. The van der Waals surface area contributed by atoms with Crippen LogP contribution in [0.25, 0.3) is 0 Å². The lowest BCUT2D eigenvalue weighted by Crippen LogP contribution is -2.42. The third-order valence-corrected chi connectivity index (χ3v) is 4.41. The Morgan fingerprint density at radius 2 is 1.74 bits per heavy atom. The van der Waals surface area contributed by atoms with Crippen LogP contribution in [0.4, 0.5) is 0 Å². The fourth-order valence-electron chi connectivity index (χ4n) is 1.71. The summed E-state index contributed by atoms with van der Waals surface area (Å²) in [6.07, 6.45) is 7.79. The van der Waals surface area contributed by atoms with Gasteiger partial charge in [0.25, 0.3) is 0 Å². The Morgan fingerprint density at radius 1 is 1.16 bits per heavy atom. The highest BCUT2D eigenvalue weighted by Gasteiger charge is 2.33. The predicted octanol–water partition coefficient (Wildman–Crippen LogP) is 4.50. The van der Waals surface area contributed by atoms with E-state index in [1.807, 2.05) is 0 Å². The van der Waals surface area contributed by atoms with E-state index in [1.54, 1.807) is 0 Å². The molecular weight excluding hydrogens is 288 g/mol. The van der Waals surface area contributed by atoms with Gasteiger partial charge in [-0.2, -0.15) is 0 Å². The van der Waals surface area contributed by atoms with Crippen LogP contribution in [0, 0.1) is 23.8 Å². The van der Waals surface area contributed by atoms with Crippen molar-refractivity contribution in [2.24, 2.45) is 0 Å². The lowest BCUT2D eigenvalue weighted by atomic mass is 9.96. The van der Waals surface area contributed by atoms with Crippen LogP contribution >= 0.6 is 11.6 Å². The first-order chi connectivity index (χ1) is 8.54. The van der Waals surface area contributed by atoms with Gasteiger partial charge in [-0.25, -0.2) is 0 Å². The highest BCUT2D eigenvalue weighted by Crippen LogP contribution is 2.27. The minimum atomic E-state index is -1.70. The van der Waals surface area contributed by atoms with Crippen molar-refractivity contribution in [3.63, 3.8) is 0 Å². The molecule has 0 aliphatic carbocycles. The van der Waals surface area contributed by atoms with Crippen molar-refractivity contribution < 1.29 is 4.43 Å². The first kappa shape index (κ1) is 18.8. The molecule has 0 amide bonds. The highest BCUT2D eigenvalue weighted by molar-refractivity contribution is 6.83. The lowest BCUT2D eigenvalue weighted by molar-refractivity contribution is 0.117. The summed E-state index contributed by atoms with van der Waals surface area (Å²) in [6.45, 7) is 13.2. The summed E-state index contributed by atoms with van der Waals surface area (Å²) in [4.78, 5) is 0. The van der Waals surface area contributed by atoms with E-state index in [0.717, 1.165) is 12.8 Å². The number of alkyl halides is 1. The maximum atomic E-state index is 6.35. The van der Waals surface area contributed by atoms with Gasteiger partial charge in [-0.3, -0.25) is 0 Å². The average molecular weight is 315 g/mol. The number of rotatable bonds is 6. The number of hydrogen-bond acceptors (Lipinski definition) is 1.